The third kappa shape index (κ3) is 3.55. The van der Waals surface area contributed by atoms with Crippen LogP contribution in [0.5, 0.6) is 0 Å². The number of pyridine rings is 1. The third-order valence-corrected chi connectivity index (χ3v) is 4.88. The second kappa shape index (κ2) is 7.23. The minimum Gasteiger partial charge on any atom is -0.319 e. The van der Waals surface area contributed by atoms with E-state index < -0.39 is 0 Å². The van der Waals surface area contributed by atoms with E-state index >= 15 is 0 Å². The van der Waals surface area contributed by atoms with Gasteiger partial charge in [0.2, 0.25) is 5.91 Å². The summed E-state index contributed by atoms with van der Waals surface area (Å²) < 4.78 is 2.12. The summed E-state index contributed by atoms with van der Waals surface area (Å²) in [5, 5.41) is 3.87. The number of aryl methyl sites for hydroxylation is 1. The van der Waals surface area contributed by atoms with Crippen molar-refractivity contribution in [3.05, 3.63) is 47.6 Å². The Hall–Kier alpha value is -2.05. The summed E-state index contributed by atoms with van der Waals surface area (Å²) in [6, 6.07) is 11.3. The van der Waals surface area contributed by atoms with Crippen LogP contribution in [0.1, 0.15) is 13.8 Å². The fourth-order valence-electron chi connectivity index (χ4n) is 2.34. The first-order chi connectivity index (χ1) is 11.6. The highest BCUT2D eigenvalue weighted by Gasteiger charge is 2.19. The largest absolute Gasteiger partial charge is 0.319 e. The molecule has 0 bridgehead atoms. The normalized spacial score (nSPS) is 12.3. The van der Waals surface area contributed by atoms with Crippen LogP contribution in [-0.2, 0) is 11.3 Å². The number of aromatic nitrogens is 3. The van der Waals surface area contributed by atoms with Crippen LogP contribution < -0.4 is 5.32 Å². The monoisotopic (exact) mass is 360 g/mol. The van der Waals surface area contributed by atoms with Gasteiger partial charge in [-0.25, -0.2) is 9.97 Å². The predicted octanol–water partition coefficient (Wildman–Crippen LogP) is 4.22. The Labute approximate surface area is 149 Å². The summed E-state index contributed by atoms with van der Waals surface area (Å²) in [5.74, 6) is 0.366. The number of nitrogens with one attached hydrogen (secondary N) is 1. The fraction of sp³-hybridized carbons (Fsp3) is 0.235. The minimum absolute atomic E-state index is 0.121. The van der Waals surface area contributed by atoms with E-state index in [-0.39, 0.29) is 11.2 Å². The van der Waals surface area contributed by atoms with Crippen LogP contribution in [0.4, 0.5) is 5.82 Å². The number of benzene rings is 1. The Bertz CT molecular complexity index is 863. The Morgan fingerprint density at radius 1 is 1.33 bits per heavy atom. The molecular formula is C17H17ClN4OS. The number of carbonyl (C=O) groups is 1. The highest BCUT2D eigenvalue weighted by Crippen LogP contribution is 2.27. The summed E-state index contributed by atoms with van der Waals surface area (Å²) in [6.07, 6.45) is 1.51. The second-order valence-electron chi connectivity index (χ2n) is 5.24. The van der Waals surface area contributed by atoms with E-state index in [4.69, 9.17) is 11.6 Å². The van der Waals surface area contributed by atoms with Gasteiger partial charge in [-0.15, -0.1) is 0 Å². The van der Waals surface area contributed by atoms with Crippen LogP contribution in [0.2, 0.25) is 5.02 Å². The van der Waals surface area contributed by atoms with Gasteiger partial charge >= 0.3 is 0 Å². The Morgan fingerprint density at radius 2 is 2.12 bits per heavy atom. The molecule has 0 aliphatic rings. The topological polar surface area (TPSA) is 59.8 Å². The summed E-state index contributed by atoms with van der Waals surface area (Å²) >= 11 is 7.24. The SMILES string of the molecule is CCn1c(SC(C)C(=O)Nc2ccc(Cl)cn2)nc2ccccc21. The molecule has 0 aliphatic carbocycles. The van der Waals surface area contributed by atoms with Gasteiger partial charge in [0.1, 0.15) is 5.82 Å². The second-order valence-corrected chi connectivity index (χ2v) is 6.98. The van der Waals surface area contributed by atoms with Gasteiger partial charge in [-0.2, -0.15) is 0 Å². The molecule has 1 atom stereocenters. The molecule has 0 saturated heterocycles. The number of anilines is 1. The van der Waals surface area contributed by atoms with Crippen LogP contribution in [0.25, 0.3) is 11.0 Å². The molecule has 0 radical (unpaired) electrons. The lowest BCUT2D eigenvalue weighted by molar-refractivity contribution is -0.115. The molecule has 3 rings (SSSR count). The van der Waals surface area contributed by atoms with E-state index in [1.165, 1.54) is 18.0 Å². The lowest BCUT2D eigenvalue weighted by atomic mass is 10.3. The van der Waals surface area contributed by atoms with Crippen molar-refractivity contribution in [2.75, 3.05) is 5.32 Å². The molecular weight excluding hydrogens is 344 g/mol. The van der Waals surface area contributed by atoms with Crippen molar-refractivity contribution in [1.29, 1.82) is 0 Å². The van der Waals surface area contributed by atoms with Gasteiger partial charge < -0.3 is 9.88 Å². The van der Waals surface area contributed by atoms with Crippen molar-refractivity contribution in [3.63, 3.8) is 0 Å². The number of carbonyl (C=O) groups excluding carboxylic acids is 1. The number of nitrogens with zero attached hydrogens (tertiary/aromatic N) is 3. The van der Waals surface area contributed by atoms with Gasteiger partial charge in [0.25, 0.3) is 0 Å². The number of hydrogen-bond donors (Lipinski definition) is 1. The van der Waals surface area contributed by atoms with Crippen molar-refractivity contribution in [1.82, 2.24) is 14.5 Å². The number of imidazole rings is 1. The van der Waals surface area contributed by atoms with Gasteiger partial charge in [-0.1, -0.05) is 35.5 Å². The maximum atomic E-state index is 12.4. The van der Waals surface area contributed by atoms with E-state index in [2.05, 4.69) is 26.8 Å². The van der Waals surface area contributed by atoms with Crippen LogP contribution in [-0.4, -0.2) is 25.7 Å². The number of para-hydroxylation sites is 2. The molecule has 124 valence electrons. The standard InChI is InChI=1S/C17H17ClN4OS/c1-3-22-14-7-5-4-6-13(14)20-17(22)24-11(2)16(23)21-15-9-8-12(18)10-19-15/h4-11H,3H2,1-2H3,(H,19,21,23). The van der Waals surface area contributed by atoms with E-state index in [0.29, 0.717) is 10.8 Å². The average molecular weight is 361 g/mol. The number of rotatable bonds is 5. The van der Waals surface area contributed by atoms with Crippen molar-refractivity contribution in [3.8, 4) is 0 Å². The number of hydrogen-bond acceptors (Lipinski definition) is 4. The molecule has 0 fully saturated rings. The van der Waals surface area contributed by atoms with Crippen molar-refractivity contribution in [2.24, 2.45) is 0 Å². The van der Waals surface area contributed by atoms with E-state index in [1.807, 2.05) is 31.2 Å². The number of fused-ring (bicyclic) bond motifs is 1. The number of thioether (sulfide) groups is 1. The molecule has 2 heterocycles. The first-order valence-corrected chi connectivity index (χ1v) is 8.88. The number of amides is 1. The van der Waals surface area contributed by atoms with E-state index in [9.17, 15) is 4.79 Å². The van der Waals surface area contributed by atoms with Crippen molar-refractivity contribution in [2.45, 2.75) is 30.8 Å². The molecule has 24 heavy (non-hydrogen) atoms. The number of halogens is 1. The van der Waals surface area contributed by atoms with Crippen LogP contribution >= 0.6 is 23.4 Å². The fourth-order valence-corrected chi connectivity index (χ4v) is 3.44. The molecule has 5 nitrogen and oxygen atoms in total. The summed E-state index contributed by atoms with van der Waals surface area (Å²) in [6.45, 7) is 4.73. The van der Waals surface area contributed by atoms with E-state index in [0.717, 1.165) is 22.7 Å². The van der Waals surface area contributed by atoms with Crippen molar-refractivity contribution >= 4 is 46.1 Å². The lowest BCUT2D eigenvalue weighted by Crippen LogP contribution is -2.23. The highest BCUT2D eigenvalue weighted by molar-refractivity contribution is 8.00. The predicted molar refractivity (Wildman–Crippen MR) is 98.6 cm³/mol. The zero-order chi connectivity index (χ0) is 17.1. The molecule has 7 heteroatoms. The van der Waals surface area contributed by atoms with Crippen LogP contribution in [0.3, 0.4) is 0 Å². The van der Waals surface area contributed by atoms with E-state index in [1.54, 1.807) is 12.1 Å². The maximum absolute atomic E-state index is 12.4. The van der Waals surface area contributed by atoms with Gasteiger partial charge in [0.05, 0.1) is 21.3 Å². The summed E-state index contributed by atoms with van der Waals surface area (Å²) in [4.78, 5) is 21.1. The maximum Gasteiger partial charge on any atom is 0.238 e. The smallest absolute Gasteiger partial charge is 0.238 e. The molecule has 1 aromatic carbocycles. The zero-order valence-corrected chi connectivity index (χ0v) is 14.9. The van der Waals surface area contributed by atoms with Gasteiger partial charge in [-0.05, 0) is 38.1 Å². The first-order valence-electron chi connectivity index (χ1n) is 7.63. The molecule has 1 N–H and O–H groups in total. The van der Waals surface area contributed by atoms with Gasteiger partial charge in [-0.3, -0.25) is 4.79 Å². The van der Waals surface area contributed by atoms with Gasteiger partial charge in [0.15, 0.2) is 5.16 Å². The van der Waals surface area contributed by atoms with Crippen molar-refractivity contribution < 1.29 is 4.79 Å². The quantitative estimate of drug-likeness (QED) is 0.692. The van der Waals surface area contributed by atoms with Crippen LogP contribution in [0, 0.1) is 0 Å². The summed E-state index contributed by atoms with van der Waals surface area (Å²) in [7, 11) is 0. The van der Waals surface area contributed by atoms with Gasteiger partial charge in [0, 0.05) is 12.7 Å². The Balaban J connectivity index is 1.75. The minimum atomic E-state index is -0.301. The lowest BCUT2D eigenvalue weighted by Gasteiger charge is -2.12. The molecule has 0 aliphatic heterocycles. The zero-order valence-electron chi connectivity index (χ0n) is 13.4. The molecule has 3 aromatic rings. The average Bonchev–Trinajstić information content (AvgIpc) is 2.93. The molecule has 0 saturated carbocycles. The highest BCUT2D eigenvalue weighted by atomic mass is 35.5. The molecule has 2 aromatic heterocycles. The first kappa shape index (κ1) is 16.8. The molecule has 1 unspecified atom stereocenters. The summed E-state index contributed by atoms with van der Waals surface area (Å²) in [5.41, 5.74) is 2.02. The Morgan fingerprint density at radius 3 is 2.83 bits per heavy atom. The molecule has 0 spiro atoms. The van der Waals surface area contributed by atoms with Crippen LogP contribution in [0.15, 0.2) is 47.8 Å². The molecule has 1 amide bonds. The third-order valence-electron chi connectivity index (χ3n) is 3.57. The Kier molecular flexibility index (Phi) is 5.06.